The van der Waals surface area contributed by atoms with Crippen LogP contribution < -0.4 is 4.74 Å². The maximum atomic E-state index is 10.8. The van der Waals surface area contributed by atoms with Crippen LogP contribution in [-0.2, 0) is 13.1 Å². The number of hydrogen-bond acceptors (Lipinski definition) is 4. The zero-order chi connectivity index (χ0) is 14.5. The third kappa shape index (κ3) is 3.82. The van der Waals surface area contributed by atoms with E-state index in [9.17, 15) is 4.79 Å². The number of carboxylic acid groups (broad SMARTS) is 1. The van der Waals surface area contributed by atoms with Crippen molar-refractivity contribution in [1.29, 1.82) is 0 Å². The lowest BCUT2D eigenvalue weighted by atomic mass is 10.2. The number of aromatic carboxylic acids is 1. The molecule has 4 nitrogen and oxygen atoms in total. The van der Waals surface area contributed by atoms with E-state index in [2.05, 4.69) is 4.90 Å². The van der Waals surface area contributed by atoms with Crippen molar-refractivity contribution in [2.75, 3.05) is 14.2 Å². The molecule has 0 aliphatic carbocycles. The highest BCUT2D eigenvalue weighted by molar-refractivity contribution is 7.13. The predicted octanol–water partition coefficient (Wildman–Crippen LogP) is 3.09. The van der Waals surface area contributed by atoms with Gasteiger partial charge in [0.25, 0.3) is 0 Å². The van der Waals surface area contributed by atoms with E-state index in [0.717, 1.165) is 23.7 Å². The van der Waals surface area contributed by atoms with Gasteiger partial charge >= 0.3 is 5.97 Å². The molecule has 0 fully saturated rings. The maximum Gasteiger partial charge on any atom is 0.345 e. The predicted molar refractivity (Wildman–Crippen MR) is 79.4 cm³/mol. The summed E-state index contributed by atoms with van der Waals surface area (Å²) < 4.78 is 5.13. The van der Waals surface area contributed by atoms with E-state index >= 15 is 0 Å². The van der Waals surface area contributed by atoms with E-state index in [0.29, 0.717) is 4.88 Å². The maximum absolute atomic E-state index is 10.8. The molecule has 0 unspecified atom stereocenters. The van der Waals surface area contributed by atoms with E-state index in [4.69, 9.17) is 9.84 Å². The molecule has 2 rings (SSSR count). The Morgan fingerprint density at radius 1 is 1.20 bits per heavy atom. The second kappa shape index (κ2) is 6.54. The molecule has 0 atom stereocenters. The van der Waals surface area contributed by atoms with Gasteiger partial charge in [-0.15, -0.1) is 11.3 Å². The van der Waals surface area contributed by atoms with Crippen LogP contribution in [0.25, 0.3) is 0 Å². The van der Waals surface area contributed by atoms with Crippen molar-refractivity contribution < 1.29 is 14.6 Å². The first kappa shape index (κ1) is 14.6. The summed E-state index contributed by atoms with van der Waals surface area (Å²) in [4.78, 5) is 14.4. The Hall–Kier alpha value is -1.85. The molecule has 5 heteroatoms. The van der Waals surface area contributed by atoms with E-state index in [1.165, 1.54) is 16.9 Å². The normalized spacial score (nSPS) is 10.8. The van der Waals surface area contributed by atoms with Gasteiger partial charge in [0.05, 0.1) is 7.11 Å². The number of carboxylic acids is 1. The number of ether oxygens (including phenoxy) is 1. The molecule has 106 valence electrons. The Balaban J connectivity index is 1.93. The van der Waals surface area contributed by atoms with Gasteiger partial charge in [0, 0.05) is 18.0 Å². The standard InChI is InChI=1S/C15H17NO3S/c1-16(9-11-3-5-12(19-2)6-4-11)10-13-7-8-14(20-13)15(17)18/h3-8H,9-10H2,1-2H3,(H,17,18). The highest BCUT2D eigenvalue weighted by Crippen LogP contribution is 2.19. The summed E-state index contributed by atoms with van der Waals surface area (Å²) >= 11 is 1.32. The van der Waals surface area contributed by atoms with Gasteiger partial charge in [-0.25, -0.2) is 4.79 Å². The number of nitrogens with zero attached hydrogens (tertiary/aromatic N) is 1. The third-order valence-electron chi connectivity index (χ3n) is 2.91. The zero-order valence-electron chi connectivity index (χ0n) is 11.5. The topological polar surface area (TPSA) is 49.8 Å². The smallest absolute Gasteiger partial charge is 0.345 e. The van der Waals surface area contributed by atoms with Gasteiger partial charge in [-0.2, -0.15) is 0 Å². The summed E-state index contributed by atoms with van der Waals surface area (Å²) in [5, 5.41) is 8.90. The van der Waals surface area contributed by atoms with Crippen molar-refractivity contribution >= 4 is 17.3 Å². The van der Waals surface area contributed by atoms with Crippen LogP contribution in [0.15, 0.2) is 36.4 Å². The average molecular weight is 291 g/mol. The lowest BCUT2D eigenvalue weighted by Gasteiger charge is -2.15. The minimum Gasteiger partial charge on any atom is -0.497 e. The fourth-order valence-electron chi connectivity index (χ4n) is 1.94. The molecular weight excluding hydrogens is 274 g/mol. The molecule has 0 aliphatic rings. The summed E-state index contributed by atoms with van der Waals surface area (Å²) in [7, 11) is 3.67. The molecule has 0 saturated carbocycles. The van der Waals surface area contributed by atoms with Crippen molar-refractivity contribution in [1.82, 2.24) is 4.90 Å². The largest absolute Gasteiger partial charge is 0.497 e. The number of thiophene rings is 1. The first-order chi connectivity index (χ1) is 9.58. The Morgan fingerprint density at radius 2 is 1.90 bits per heavy atom. The van der Waals surface area contributed by atoms with Gasteiger partial charge in [0.1, 0.15) is 10.6 Å². The molecular formula is C15H17NO3S. The molecule has 0 radical (unpaired) electrons. The molecule has 0 saturated heterocycles. The lowest BCUT2D eigenvalue weighted by Crippen LogP contribution is -2.16. The number of hydrogen-bond donors (Lipinski definition) is 1. The van der Waals surface area contributed by atoms with Crippen LogP contribution in [-0.4, -0.2) is 30.1 Å². The monoisotopic (exact) mass is 291 g/mol. The fourth-order valence-corrected chi connectivity index (χ4v) is 2.87. The van der Waals surface area contributed by atoms with Crippen molar-refractivity contribution in [3.63, 3.8) is 0 Å². The Labute approximate surface area is 122 Å². The third-order valence-corrected chi connectivity index (χ3v) is 3.97. The molecule has 2 aromatic rings. The van der Waals surface area contributed by atoms with E-state index in [1.807, 2.05) is 37.4 Å². The van der Waals surface area contributed by atoms with Crippen LogP contribution >= 0.6 is 11.3 Å². The van der Waals surface area contributed by atoms with Crippen LogP contribution in [0.5, 0.6) is 5.75 Å². The SMILES string of the molecule is COc1ccc(CN(C)Cc2ccc(C(=O)O)s2)cc1. The highest BCUT2D eigenvalue weighted by Gasteiger charge is 2.09. The van der Waals surface area contributed by atoms with Crippen LogP contribution in [0, 0.1) is 0 Å². The van der Waals surface area contributed by atoms with E-state index < -0.39 is 5.97 Å². The molecule has 1 aromatic heterocycles. The van der Waals surface area contributed by atoms with Crippen molar-refractivity contribution in [2.24, 2.45) is 0 Å². The van der Waals surface area contributed by atoms with Crippen LogP contribution in [0.2, 0.25) is 0 Å². The van der Waals surface area contributed by atoms with Gasteiger partial charge in [0.15, 0.2) is 0 Å². The Morgan fingerprint density at radius 3 is 2.45 bits per heavy atom. The van der Waals surface area contributed by atoms with Crippen LogP contribution in [0.3, 0.4) is 0 Å². The van der Waals surface area contributed by atoms with E-state index in [-0.39, 0.29) is 0 Å². The summed E-state index contributed by atoms with van der Waals surface area (Å²) in [6, 6.07) is 11.5. The van der Waals surface area contributed by atoms with Crippen LogP contribution in [0.4, 0.5) is 0 Å². The number of methoxy groups -OCH3 is 1. The molecule has 0 amide bonds. The first-order valence-electron chi connectivity index (χ1n) is 6.22. The number of rotatable bonds is 6. The Bertz CT molecular complexity index is 577. The lowest BCUT2D eigenvalue weighted by molar-refractivity contribution is 0.0702. The van der Waals surface area contributed by atoms with Gasteiger partial charge in [0.2, 0.25) is 0 Å². The average Bonchev–Trinajstić information content (AvgIpc) is 2.88. The molecule has 1 aromatic carbocycles. The van der Waals surface area contributed by atoms with Crippen molar-refractivity contribution in [3.05, 3.63) is 51.7 Å². The summed E-state index contributed by atoms with van der Waals surface area (Å²) in [5.41, 5.74) is 1.20. The van der Waals surface area contributed by atoms with E-state index in [1.54, 1.807) is 13.2 Å². The number of carbonyl (C=O) groups is 1. The second-order valence-electron chi connectivity index (χ2n) is 4.59. The summed E-state index contributed by atoms with van der Waals surface area (Å²) in [6.07, 6.45) is 0. The zero-order valence-corrected chi connectivity index (χ0v) is 12.3. The quantitative estimate of drug-likeness (QED) is 0.888. The molecule has 0 bridgehead atoms. The van der Waals surface area contributed by atoms with Gasteiger partial charge in [-0.3, -0.25) is 4.90 Å². The minimum atomic E-state index is -0.862. The summed E-state index contributed by atoms with van der Waals surface area (Å²) in [6.45, 7) is 1.55. The van der Waals surface area contributed by atoms with Gasteiger partial charge in [-0.05, 0) is 36.9 Å². The minimum absolute atomic E-state index is 0.387. The number of benzene rings is 1. The molecule has 0 aliphatic heterocycles. The molecule has 1 heterocycles. The first-order valence-corrected chi connectivity index (χ1v) is 7.03. The molecule has 0 spiro atoms. The summed E-state index contributed by atoms with van der Waals surface area (Å²) in [5.74, 6) is -0.0141. The second-order valence-corrected chi connectivity index (χ2v) is 5.76. The fraction of sp³-hybridized carbons (Fsp3) is 0.267. The molecule has 20 heavy (non-hydrogen) atoms. The Kier molecular flexibility index (Phi) is 4.76. The van der Waals surface area contributed by atoms with Gasteiger partial charge < -0.3 is 9.84 Å². The van der Waals surface area contributed by atoms with Gasteiger partial charge in [-0.1, -0.05) is 12.1 Å². The van der Waals surface area contributed by atoms with Crippen LogP contribution in [0.1, 0.15) is 20.1 Å². The highest BCUT2D eigenvalue weighted by atomic mass is 32.1. The van der Waals surface area contributed by atoms with Crippen molar-refractivity contribution in [2.45, 2.75) is 13.1 Å². The molecule has 1 N–H and O–H groups in total. The van der Waals surface area contributed by atoms with Crippen molar-refractivity contribution in [3.8, 4) is 5.75 Å².